The minimum atomic E-state index is 0.372. The number of unbranched alkanes of at least 4 members (excludes halogenated alkanes) is 1. The lowest BCUT2D eigenvalue weighted by molar-refractivity contribution is 0.234. The summed E-state index contributed by atoms with van der Waals surface area (Å²) in [5.74, 6) is 1.89. The summed E-state index contributed by atoms with van der Waals surface area (Å²) >= 11 is 0. The normalized spacial score (nSPS) is 21.7. The highest BCUT2D eigenvalue weighted by atomic mass is 16.2. The lowest BCUT2D eigenvalue weighted by Crippen LogP contribution is -2.15. The third kappa shape index (κ3) is 4.12. The van der Waals surface area contributed by atoms with Crippen LogP contribution in [0.5, 0.6) is 0 Å². The summed E-state index contributed by atoms with van der Waals surface area (Å²) in [6, 6.07) is 0. The van der Waals surface area contributed by atoms with Gasteiger partial charge in [0.2, 0.25) is 0 Å². The zero-order chi connectivity index (χ0) is 9.52. The maximum absolute atomic E-state index is 8.69. The molecule has 0 amide bonds. The predicted octanol–water partition coefficient (Wildman–Crippen LogP) is 3.37. The molecule has 0 bridgehead atoms. The molecule has 0 radical (unpaired) electrons. The quantitative estimate of drug-likeness (QED) is 0.649. The Bertz CT molecular complexity index is 116. The number of rotatable bonds is 5. The maximum Gasteiger partial charge on any atom is 0.0431 e. The SMILES string of the molecule is CC(CCCCO)C1CCCCC1. The number of aliphatic hydroxyl groups excluding tert-OH is 1. The van der Waals surface area contributed by atoms with E-state index < -0.39 is 0 Å². The summed E-state index contributed by atoms with van der Waals surface area (Å²) in [6.45, 7) is 2.77. The van der Waals surface area contributed by atoms with Gasteiger partial charge in [-0.25, -0.2) is 0 Å². The van der Waals surface area contributed by atoms with Crippen molar-refractivity contribution in [2.45, 2.75) is 58.3 Å². The van der Waals surface area contributed by atoms with Crippen LogP contribution in [0.25, 0.3) is 0 Å². The monoisotopic (exact) mass is 184 g/mol. The van der Waals surface area contributed by atoms with Crippen molar-refractivity contribution >= 4 is 0 Å². The molecule has 1 fully saturated rings. The summed E-state index contributed by atoms with van der Waals surface area (Å²) in [5.41, 5.74) is 0. The smallest absolute Gasteiger partial charge is 0.0431 e. The molecule has 1 atom stereocenters. The Balaban J connectivity index is 2.09. The zero-order valence-electron chi connectivity index (χ0n) is 8.97. The molecule has 0 aliphatic heterocycles. The molecular weight excluding hydrogens is 160 g/mol. The zero-order valence-corrected chi connectivity index (χ0v) is 8.97. The van der Waals surface area contributed by atoms with E-state index in [0.717, 1.165) is 18.3 Å². The van der Waals surface area contributed by atoms with Crippen LogP contribution in [0.3, 0.4) is 0 Å². The van der Waals surface area contributed by atoms with E-state index in [1.165, 1.54) is 44.9 Å². The number of aliphatic hydroxyl groups is 1. The molecule has 13 heavy (non-hydrogen) atoms. The second-order valence-corrected chi connectivity index (χ2v) is 4.59. The van der Waals surface area contributed by atoms with Gasteiger partial charge in [0.25, 0.3) is 0 Å². The molecule has 1 aliphatic rings. The summed E-state index contributed by atoms with van der Waals surface area (Å²) in [5, 5.41) is 8.69. The maximum atomic E-state index is 8.69. The van der Waals surface area contributed by atoms with E-state index in [1.807, 2.05) is 0 Å². The van der Waals surface area contributed by atoms with Crippen molar-refractivity contribution in [3.8, 4) is 0 Å². The van der Waals surface area contributed by atoms with Gasteiger partial charge >= 0.3 is 0 Å². The Morgan fingerprint density at radius 2 is 1.85 bits per heavy atom. The van der Waals surface area contributed by atoms with Crippen molar-refractivity contribution in [3.63, 3.8) is 0 Å². The molecule has 1 N–H and O–H groups in total. The molecular formula is C12H24O. The average molecular weight is 184 g/mol. The van der Waals surface area contributed by atoms with Crippen molar-refractivity contribution < 1.29 is 5.11 Å². The Morgan fingerprint density at radius 3 is 2.46 bits per heavy atom. The van der Waals surface area contributed by atoms with Gasteiger partial charge in [0.15, 0.2) is 0 Å². The average Bonchev–Trinajstić information content (AvgIpc) is 2.19. The number of hydrogen-bond acceptors (Lipinski definition) is 1. The van der Waals surface area contributed by atoms with E-state index in [0.29, 0.717) is 6.61 Å². The van der Waals surface area contributed by atoms with Gasteiger partial charge in [-0.15, -0.1) is 0 Å². The first-order chi connectivity index (χ1) is 6.34. The van der Waals surface area contributed by atoms with Crippen molar-refractivity contribution in [3.05, 3.63) is 0 Å². The summed E-state index contributed by atoms with van der Waals surface area (Å²) in [7, 11) is 0. The molecule has 0 aromatic heterocycles. The van der Waals surface area contributed by atoms with Gasteiger partial charge in [-0.2, -0.15) is 0 Å². The predicted molar refractivity (Wildman–Crippen MR) is 56.7 cm³/mol. The summed E-state index contributed by atoms with van der Waals surface area (Å²) in [6.07, 6.45) is 10.8. The molecule has 0 heterocycles. The van der Waals surface area contributed by atoms with Crippen molar-refractivity contribution in [2.75, 3.05) is 6.61 Å². The third-order valence-electron chi connectivity index (χ3n) is 3.52. The number of hydrogen-bond donors (Lipinski definition) is 1. The Hall–Kier alpha value is -0.0400. The molecule has 0 aromatic carbocycles. The fourth-order valence-electron chi connectivity index (χ4n) is 2.52. The van der Waals surface area contributed by atoms with Crippen LogP contribution in [0.15, 0.2) is 0 Å². The molecule has 1 nitrogen and oxygen atoms in total. The van der Waals surface area contributed by atoms with E-state index in [4.69, 9.17) is 5.11 Å². The van der Waals surface area contributed by atoms with Crippen LogP contribution in [0.1, 0.15) is 58.3 Å². The molecule has 1 aliphatic carbocycles. The molecule has 0 saturated heterocycles. The first-order valence-electron chi connectivity index (χ1n) is 5.95. The molecule has 1 saturated carbocycles. The van der Waals surface area contributed by atoms with Crippen LogP contribution >= 0.6 is 0 Å². The Morgan fingerprint density at radius 1 is 1.15 bits per heavy atom. The van der Waals surface area contributed by atoms with E-state index in [-0.39, 0.29) is 0 Å². The largest absolute Gasteiger partial charge is 0.396 e. The second kappa shape index (κ2) is 6.42. The fraction of sp³-hybridized carbons (Fsp3) is 1.00. The van der Waals surface area contributed by atoms with Crippen LogP contribution in [0.2, 0.25) is 0 Å². The van der Waals surface area contributed by atoms with Gasteiger partial charge in [-0.05, 0) is 18.3 Å². The Labute approximate surface area is 82.5 Å². The summed E-state index contributed by atoms with van der Waals surface area (Å²) in [4.78, 5) is 0. The third-order valence-corrected chi connectivity index (χ3v) is 3.52. The van der Waals surface area contributed by atoms with Crippen LogP contribution in [-0.2, 0) is 0 Å². The lowest BCUT2D eigenvalue weighted by atomic mass is 9.79. The van der Waals surface area contributed by atoms with Crippen LogP contribution in [0.4, 0.5) is 0 Å². The molecule has 1 unspecified atom stereocenters. The van der Waals surface area contributed by atoms with Gasteiger partial charge in [-0.3, -0.25) is 0 Å². The first kappa shape index (κ1) is 11.0. The van der Waals surface area contributed by atoms with Gasteiger partial charge in [0.1, 0.15) is 0 Å². The van der Waals surface area contributed by atoms with Crippen LogP contribution < -0.4 is 0 Å². The highest BCUT2D eigenvalue weighted by Gasteiger charge is 2.19. The van der Waals surface area contributed by atoms with Gasteiger partial charge in [-0.1, -0.05) is 51.9 Å². The van der Waals surface area contributed by atoms with Gasteiger partial charge in [0.05, 0.1) is 0 Å². The van der Waals surface area contributed by atoms with Crippen LogP contribution in [0, 0.1) is 11.8 Å². The molecule has 1 rings (SSSR count). The van der Waals surface area contributed by atoms with Crippen LogP contribution in [-0.4, -0.2) is 11.7 Å². The van der Waals surface area contributed by atoms with Crippen molar-refractivity contribution in [1.82, 2.24) is 0 Å². The standard InChI is InChI=1S/C12H24O/c1-11(7-5-6-10-13)12-8-3-2-4-9-12/h11-13H,2-10H2,1H3. The van der Waals surface area contributed by atoms with Gasteiger partial charge < -0.3 is 5.11 Å². The van der Waals surface area contributed by atoms with E-state index in [2.05, 4.69) is 6.92 Å². The van der Waals surface area contributed by atoms with E-state index in [1.54, 1.807) is 0 Å². The molecule has 0 spiro atoms. The molecule has 1 heteroatoms. The highest BCUT2D eigenvalue weighted by Crippen LogP contribution is 2.32. The first-order valence-corrected chi connectivity index (χ1v) is 5.95. The minimum absolute atomic E-state index is 0.372. The van der Waals surface area contributed by atoms with E-state index >= 15 is 0 Å². The fourth-order valence-corrected chi connectivity index (χ4v) is 2.52. The summed E-state index contributed by atoms with van der Waals surface area (Å²) < 4.78 is 0. The minimum Gasteiger partial charge on any atom is -0.396 e. The molecule has 0 aromatic rings. The highest BCUT2D eigenvalue weighted by molar-refractivity contribution is 4.71. The second-order valence-electron chi connectivity index (χ2n) is 4.59. The van der Waals surface area contributed by atoms with E-state index in [9.17, 15) is 0 Å². The van der Waals surface area contributed by atoms with Crippen molar-refractivity contribution in [2.24, 2.45) is 11.8 Å². The van der Waals surface area contributed by atoms with Gasteiger partial charge in [0, 0.05) is 6.61 Å². The molecule has 78 valence electrons. The van der Waals surface area contributed by atoms with Crippen molar-refractivity contribution in [1.29, 1.82) is 0 Å². The lowest BCUT2D eigenvalue weighted by Gasteiger charge is -2.27. The Kier molecular flexibility index (Phi) is 5.45. The topological polar surface area (TPSA) is 20.2 Å².